The van der Waals surface area contributed by atoms with Gasteiger partial charge in [-0.1, -0.05) is 58.0 Å². The number of carbonyl (C=O) groups is 3. The molecular formula is C30H38F3N3O4. The fourth-order valence-corrected chi connectivity index (χ4v) is 4.84. The number of amides is 3. The standard InChI is InChI=1S/C26H26F3N3O4.2C2H6/c27-17-4-3-5-19(12-17)32(22(33)15-31-10-11-36-25(31)35)23(24(34)30-18-13-26(28,29)14-18)21-7-2-1-6-20(21)16-8-9-16;2*1-2/h1-7,12,16,18,23H,8-11,13-15H2,(H,30,34);2*1-2H3. The molecule has 1 heterocycles. The maximum Gasteiger partial charge on any atom is 0.410 e. The summed E-state index contributed by atoms with van der Waals surface area (Å²) in [6, 6.07) is 10.5. The van der Waals surface area contributed by atoms with Crippen LogP contribution in [0.2, 0.25) is 0 Å². The van der Waals surface area contributed by atoms with Gasteiger partial charge in [0.15, 0.2) is 0 Å². The zero-order valence-electron chi connectivity index (χ0n) is 23.5. The average molecular weight is 562 g/mol. The third-order valence-corrected chi connectivity index (χ3v) is 6.78. The second-order valence-electron chi connectivity index (χ2n) is 9.55. The predicted octanol–water partition coefficient (Wildman–Crippen LogP) is 6.20. The Morgan fingerprint density at radius 1 is 1.07 bits per heavy atom. The van der Waals surface area contributed by atoms with Crippen LogP contribution in [-0.2, 0) is 14.3 Å². The Morgan fingerprint density at radius 2 is 1.75 bits per heavy atom. The van der Waals surface area contributed by atoms with Crippen molar-refractivity contribution in [2.75, 3.05) is 24.6 Å². The van der Waals surface area contributed by atoms with Gasteiger partial charge in [0.05, 0.1) is 6.54 Å². The van der Waals surface area contributed by atoms with Crippen molar-refractivity contribution in [1.82, 2.24) is 10.2 Å². The summed E-state index contributed by atoms with van der Waals surface area (Å²) in [5.41, 5.74) is 1.55. The number of halogens is 3. The number of cyclic esters (lactones) is 1. The third-order valence-electron chi connectivity index (χ3n) is 6.78. The minimum absolute atomic E-state index is 0.122. The average Bonchev–Trinajstić information content (AvgIpc) is 3.70. The fourth-order valence-electron chi connectivity index (χ4n) is 4.84. The van der Waals surface area contributed by atoms with E-state index in [-0.39, 0.29) is 31.3 Å². The molecule has 1 atom stereocenters. The van der Waals surface area contributed by atoms with Gasteiger partial charge in [-0.05, 0) is 48.1 Å². The van der Waals surface area contributed by atoms with Crippen molar-refractivity contribution in [2.24, 2.45) is 0 Å². The number of hydrogen-bond donors (Lipinski definition) is 1. The van der Waals surface area contributed by atoms with Gasteiger partial charge in [-0.3, -0.25) is 19.4 Å². The minimum Gasteiger partial charge on any atom is -0.448 e. The van der Waals surface area contributed by atoms with Crippen LogP contribution in [0.15, 0.2) is 48.5 Å². The number of rotatable bonds is 8. The van der Waals surface area contributed by atoms with Gasteiger partial charge in [0.2, 0.25) is 11.8 Å². The van der Waals surface area contributed by atoms with E-state index < -0.39 is 54.6 Å². The number of alkyl halides is 2. The quantitative estimate of drug-likeness (QED) is 0.417. The van der Waals surface area contributed by atoms with Gasteiger partial charge in [-0.25, -0.2) is 18.0 Å². The summed E-state index contributed by atoms with van der Waals surface area (Å²) in [6.45, 7) is 7.96. The maximum atomic E-state index is 14.3. The van der Waals surface area contributed by atoms with E-state index in [9.17, 15) is 27.6 Å². The smallest absolute Gasteiger partial charge is 0.410 e. The summed E-state index contributed by atoms with van der Waals surface area (Å²) in [6.07, 6.45) is 0.229. The SMILES string of the molecule is CC.CC.O=C(NC1CC(F)(F)C1)C(c1ccccc1C1CC1)N(C(=O)CN1CCOC1=O)c1cccc(F)c1. The van der Waals surface area contributed by atoms with Crippen LogP contribution in [0.5, 0.6) is 0 Å². The molecule has 2 aliphatic carbocycles. The van der Waals surface area contributed by atoms with Crippen LogP contribution in [0.3, 0.4) is 0 Å². The second kappa shape index (κ2) is 13.7. The molecular weight excluding hydrogens is 523 g/mol. The molecule has 3 fully saturated rings. The Morgan fingerprint density at radius 3 is 2.33 bits per heavy atom. The largest absolute Gasteiger partial charge is 0.448 e. The van der Waals surface area contributed by atoms with Gasteiger partial charge in [0.1, 0.15) is 25.0 Å². The summed E-state index contributed by atoms with van der Waals surface area (Å²) in [4.78, 5) is 41.8. The van der Waals surface area contributed by atoms with Gasteiger partial charge >= 0.3 is 6.09 Å². The molecule has 0 spiro atoms. The molecule has 2 aromatic carbocycles. The molecule has 1 unspecified atom stereocenters. The van der Waals surface area contributed by atoms with E-state index in [1.165, 1.54) is 28.0 Å². The number of benzene rings is 2. The molecule has 40 heavy (non-hydrogen) atoms. The summed E-state index contributed by atoms with van der Waals surface area (Å²) in [5.74, 6) is -4.50. The number of anilines is 1. The lowest BCUT2D eigenvalue weighted by Crippen LogP contribution is -2.55. The van der Waals surface area contributed by atoms with Crippen molar-refractivity contribution >= 4 is 23.6 Å². The summed E-state index contributed by atoms with van der Waals surface area (Å²) < 4.78 is 46.2. The Kier molecular flexibility index (Phi) is 10.6. The highest BCUT2D eigenvalue weighted by atomic mass is 19.3. The molecule has 5 rings (SSSR count). The molecule has 0 radical (unpaired) electrons. The van der Waals surface area contributed by atoms with Crippen LogP contribution < -0.4 is 10.2 Å². The summed E-state index contributed by atoms with van der Waals surface area (Å²) >= 11 is 0. The molecule has 3 aliphatic rings. The van der Waals surface area contributed by atoms with Crippen molar-refractivity contribution < 1.29 is 32.3 Å². The summed E-state index contributed by atoms with van der Waals surface area (Å²) in [7, 11) is 0. The van der Waals surface area contributed by atoms with Gasteiger partial charge < -0.3 is 10.1 Å². The molecule has 7 nitrogen and oxygen atoms in total. The Labute approximate surface area is 233 Å². The van der Waals surface area contributed by atoms with Crippen LogP contribution in [0.4, 0.5) is 23.7 Å². The summed E-state index contributed by atoms with van der Waals surface area (Å²) in [5, 5.41) is 2.67. The van der Waals surface area contributed by atoms with Gasteiger partial charge in [-0.2, -0.15) is 0 Å². The molecule has 2 aromatic rings. The number of nitrogens with zero attached hydrogens (tertiary/aromatic N) is 2. The third kappa shape index (κ3) is 7.34. The molecule has 3 amide bonds. The number of nitrogens with one attached hydrogen (secondary N) is 1. The minimum atomic E-state index is -2.84. The highest BCUT2D eigenvalue weighted by Gasteiger charge is 2.47. The van der Waals surface area contributed by atoms with Gasteiger partial charge in [0, 0.05) is 24.6 Å². The lowest BCUT2D eigenvalue weighted by Gasteiger charge is -2.38. The zero-order valence-corrected chi connectivity index (χ0v) is 23.5. The van der Waals surface area contributed by atoms with Crippen molar-refractivity contribution in [3.8, 4) is 0 Å². The van der Waals surface area contributed by atoms with Crippen molar-refractivity contribution in [2.45, 2.75) is 77.3 Å². The Bertz CT molecular complexity index is 1180. The lowest BCUT2D eigenvalue weighted by atomic mass is 9.87. The molecule has 1 aliphatic heterocycles. The maximum absolute atomic E-state index is 14.3. The van der Waals surface area contributed by atoms with Crippen molar-refractivity contribution in [1.29, 1.82) is 0 Å². The van der Waals surface area contributed by atoms with E-state index in [1.807, 2.05) is 39.8 Å². The highest BCUT2D eigenvalue weighted by Crippen LogP contribution is 2.45. The van der Waals surface area contributed by atoms with E-state index in [2.05, 4.69) is 5.32 Å². The second-order valence-corrected chi connectivity index (χ2v) is 9.55. The van der Waals surface area contributed by atoms with Gasteiger partial charge in [-0.15, -0.1) is 0 Å². The Hall–Kier alpha value is -3.56. The van der Waals surface area contributed by atoms with E-state index in [4.69, 9.17) is 4.74 Å². The molecule has 10 heteroatoms. The highest BCUT2D eigenvalue weighted by molar-refractivity contribution is 6.03. The number of ether oxygens (including phenoxy) is 1. The molecule has 1 saturated heterocycles. The van der Waals surface area contributed by atoms with Crippen molar-refractivity contribution in [3.63, 3.8) is 0 Å². The number of carbonyl (C=O) groups excluding carboxylic acids is 3. The van der Waals surface area contributed by atoms with Crippen molar-refractivity contribution in [3.05, 3.63) is 65.5 Å². The van der Waals surface area contributed by atoms with Crippen LogP contribution in [-0.4, -0.2) is 54.5 Å². The molecule has 1 N–H and O–H groups in total. The van der Waals surface area contributed by atoms with E-state index in [0.29, 0.717) is 5.56 Å². The van der Waals surface area contributed by atoms with Crippen LogP contribution in [0.1, 0.15) is 76.5 Å². The lowest BCUT2D eigenvalue weighted by molar-refractivity contribution is -0.132. The molecule has 0 bridgehead atoms. The first-order valence-electron chi connectivity index (χ1n) is 14.0. The van der Waals surface area contributed by atoms with E-state index in [1.54, 1.807) is 12.1 Å². The molecule has 0 aromatic heterocycles. The first kappa shape index (κ1) is 31.0. The molecule has 218 valence electrons. The monoisotopic (exact) mass is 561 g/mol. The van der Waals surface area contributed by atoms with E-state index in [0.717, 1.165) is 24.5 Å². The molecule has 2 saturated carbocycles. The zero-order chi connectivity index (χ0) is 29.4. The topological polar surface area (TPSA) is 79.0 Å². The van der Waals surface area contributed by atoms with Crippen LogP contribution in [0.25, 0.3) is 0 Å². The van der Waals surface area contributed by atoms with Crippen LogP contribution in [0, 0.1) is 5.82 Å². The fraction of sp³-hybridized carbons (Fsp3) is 0.500. The predicted molar refractivity (Wildman–Crippen MR) is 147 cm³/mol. The normalized spacial score (nSPS) is 18.2. The van der Waals surface area contributed by atoms with Gasteiger partial charge in [0.25, 0.3) is 5.92 Å². The first-order valence-corrected chi connectivity index (χ1v) is 14.0. The Balaban J connectivity index is 0.00000106. The van der Waals surface area contributed by atoms with E-state index >= 15 is 0 Å². The first-order chi connectivity index (χ1) is 19.2. The van der Waals surface area contributed by atoms with Crippen LogP contribution >= 0.6 is 0 Å². The number of hydrogen-bond acceptors (Lipinski definition) is 4.